The van der Waals surface area contributed by atoms with Crippen molar-refractivity contribution in [2.24, 2.45) is 0 Å². The van der Waals surface area contributed by atoms with E-state index in [0.717, 1.165) is 10.7 Å². The van der Waals surface area contributed by atoms with Crippen molar-refractivity contribution in [2.45, 2.75) is 6.42 Å². The Morgan fingerprint density at radius 3 is 2.58 bits per heavy atom. The number of amides is 1. The van der Waals surface area contributed by atoms with Crippen LogP contribution >= 0.6 is 15.9 Å². The summed E-state index contributed by atoms with van der Waals surface area (Å²) in [5.41, 5.74) is 0.908. The Morgan fingerprint density at radius 1 is 1.26 bits per heavy atom. The van der Waals surface area contributed by atoms with Crippen LogP contribution in [0.3, 0.4) is 0 Å². The van der Waals surface area contributed by atoms with Gasteiger partial charge in [-0.1, -0.05) is 15.9 Å². The third-order valence-corrected chi connectivity index (χ3v) is 4.35. The molecule has 0 unspecified atom stereocenters. The van der Waals surface area contributed by atoms with Gasteiger partial charge >= 0.3 is 0 Å². The van der Waals surface area contributed by atoms with Crippen LogP contribution < -0.4 is 4.90 Å². The number of carbonyl (C=O) groups excluding carboxylic acids is 2. The van der Waals surface area contributed by atoms with Crippen molar-refractivity contribution < 1.29 is 18.0 Å². The summed E-state index contributed by atoms with van der Waals surface area (Å²) < 4.78 is 22.9. The van der Waals surface area contributed by atoms with Gasteiger partial charge in [-0.15, -0.1) is 0 Å². The summed E-state index contributed by atoms with van der Waals surface area (Å²) >= 11 is 3.29. The third kappa shape index (κ3) is 3.03. The first kappa shape index (κ1) is 14.2. The summed E-state index contributed by atoms with van der Waals surface area (Å²) in [6.45, 7) is 0.223. The van der Waals surface area contributed by atoms with E-state index in [4.69, 9.17) is 0 Å². The SMILES string of the molecule is CS(=O)(=O)CCCN1C(=O)C(=O)c2ccc(Br)cc21. The molecule has 0 N–H and O–H groups in total. The van der Waals surface area contributed by atoms with E-state index in [1.165, 1.54) is 4.90 Å². The molecule has 102 valence electrons. The smallest absolute Gasteiger partial charge is 0.299 e. The minimum Gasteiger partial charge on any atom is -0.305 e. The second kappa shape index (κ2) is 5.05. The van der Waals surface area contributed by atoms with E-state index >= 15 is 0 Å². The van der Waals surface area contributed by atoms with Crippen molar-refractivity contribution >= 4 is 43.1 Å². The highest BCUT2D eigenvalue weighted by Crippen LogP contribution is 2.31. The zero-order valence-corrected chi connectivity index (χ0v) is 12.6. The monoisotopic (exact) mass is 345 g/mol. The Labute approximate surface area is 119 Å². The lowest BCUT2D eigenvalue weighted by Crippen LogP contribution is -2.31. The first-order valence-electron chi connectivity index (χ1n) is 5.63. The van der Waals surface area contributed by atoms with Gasteiger partial charge in [-0.05, 0) is 24.6 Å². The molecule has 0 fully saturated rings. The first-order chi connectivity index (χ1) is 8.79. The molecule has 0 spiro atoms. The van der Waals surface area contributed by atoms with Crippen molar-refractivity contribution in [2.75, 3.05) is 23.5 Å². The van der Waals surface area contributed by atoms with E-state index in [1.807, 2.05) is 0 Å². The normalized spacial score (nSPS) is 14.9. The summed E-state index contributed by atoms with van der Waals surface area (Å²) in [7, 11) is -3.06. The van der Waals surface area contributed by atoms with Gasteiger partial charge < -0.3 is 4.90 Å². The van der Waals surface area contributed by atoms with Crippen molar-refractivity contribution in [3.8, 4) is 0 Å². The number of nitrogens with zero attached hydrogens (tertiary/aromatic N) is 1. The third-order valence-electron chi connectivity index (χ3n) is 2.83. The van der Waals surface area contributed by atoms with Crippen molar-refractivity contribution in [3.05, 3.63) is 28.2 Å². The van der Waals surface area contributed by atoms with Crippen LogP contribution in [0.5, 0.6) is 0 Å². The zero-order chi connectivity index (χ0) is 14.2. The van der Waals surface area contributed by atoms with Crippen LogP contribution in [0.25, 0.3) is 0 Å². The largest absolute Gasteiger partial charge is 0.305 e. The second-order valence-corrected chi connectivity index (χ2v) is 7.61. The number of fused-ring (bicyclic) bond motifs is 1. The molecule has 1 amide bonds. The Hall–Kier alpha value is -1.21. The molecule has 0 radical (unpaired) electrons. The molecule has 0 saturated heterocycles. The lowest BCUT2D eigenvalue weighted by Gasteiger charge is -2.16. The van der Waals surface area contributed by atoms with Gasteiger partial charge in [0.15, 0.2) is 0 Å². The Balaban J connectivity index is 2.21. The maximum Gasteiger partial charge on any atom is 0.299 e. The van der Waals surface area contributed by atoms with Gasteiger partial charge in [-0.25, -0.2) is 8.42 Å². The Morgan fingerprint density at radius 2 is 1.95 bits per heavy atom. The van der Waals surface area contributed by atoms with E-state index in [-0.39, 0.29) is 12.3 Å². The molecule has 19 heavy (non-hydrogen) atoms. The fourth-order valence-corrected chi connectivity index (χ4v) is 2.98. The number of carbonyl (C=O) groups is 2. The summed E-state index contributed by atoms with van der Waals surface area (Å²) in [5, 5.41) is 0. The molecule has 7 heteroatoms. The van der Waals surface area contributed by atoms with Gasteiger partial charge in [-0.2, -0.15) is 0 Å². The van der Waals surface area contributed by atoms with Gasteiger partial charge in [0.2, 0.25) is 0 Å². The second-order valence-electron chi connectivity index (χ2n) is 4.43. The van der Waals surface area contributed by atoms with E-state index in [1.54, 1.807) is 18.2 Å². The molecule has 1 aliphatic heterocycles. The van der Waals surface area contributed by atoms with Crippen molar-refractivity contribution in [3.63, 3.8) is 0 Å². The number of Topliss-reactive ketones (excluding diaryl/α,β-unsaturated/α-hetero) is 1. The fourth-order valence-electron chi connectivity index (χ4n) is 1.97. The number of sulfone groups is 1. The molecular weight excluding hydrogens is 334 g/mol. The first-order valence-corrected chi connectivity index (χ1v) is 8.48. The average molecular weight is 346 g/mol. The molecule has 1 aromatic rings. The Bertz CT molecular complexity index is 654. The lowest BCUT2D eigenvalue weighted by molar-refractivity contribution is -0.114. The molecule has 0 bridgehead atoms. The van der Waals surface area contributed by atoms with Crippen molar-refractivity contribution in [1.29, 1.82) is 0 Å². The molecule has 0 saturated carbocycles. The van der Waals surface area contributed by atoms with E-state index in [2.05, 4.69) is 15.9 Å². The number of rotatable bonds is 4. The van der Waals surface area contributed by atoms with Crippen LogP contribution in [-0.2, 0) is 14.6 Å². The predicted molar refractivity (Wildman–Crippen MR) is 75.2 cm³/mol. The summed E-state index contributed by atoms with van der Waals surface area (Å²) in [5.74, 6) is -1.14. The average Bonchev–Trinajstić information content (AvgIpc) is 2.52. The number of anilines is 1. The van der Waals surface area contributed by atoms with Gasteiger partial charge in [0.25, 0.3) is 11.7 Å². The van der Waals surface area contributed by atoms with Crippen LogP contribution in [0.2, 0.25) is 0 Å². The summed E-state index contributed by atoms with van der Waals surface area (Å²) in [6, 6.07) is 4.98. The van der Waals surface area contributed by atoms with Crippen molar-refractivity contribution in [1.82, 2.24) is 0 Å². The maximum atomic E-state index is 11.8. The number of ketones is 1. The Kier molecular flexibility index (Phi) is 3.78. The highest BCUT2D eigenvalue weighted by Gasteiger charge is 2.35. The van der Waals surface area contributed by atoms with Gasteiger partial charge in [0, 0.05) is 17.3 Å². The fraction of sp³-hybridized carbons (Fsp3) is 0.333. The number of halogens is 1. The quantitative estimate of drug-likeness (QED) is 0.773. The topological polar surface area (TPSA) is 71.5 Å². The number of benzene rings is 1. The molecule has 0 aliphatic carbocycles. The van der Waals surface area contributed by atoms with Crippen LogP contribution in [0, 0.1) is 0 Å². The molecule has 0 aromatic heterocycles. The predicted octanol–water partition coefficient (Wildman–Crippen LogP) is 1.41. The van der Waals surface area contributed by atoms with Gasteiger partial charge in [0.1, 0.15) is 9.84 Å². The summed E-state index contributed by atoms with van der Waals surface area (Å²) in [6.07, 6.45) is 1.46. The molecule has 5 nitrogen and oxygen atoms in total. The van der Waals surface area contributed by atoms with Crippen LogP contribution in [0.1, 0.15) is 16.8 Å². The molecule has 2 rings (SSSR count). The lowest BCUT2D eigenvalue weighted by atomic mass is 10.1. The highest BCUT2D eigenvalue weighted by molar-refractivity contribution is 9.10. The molecule has 1 aromatic carbocycles. The number of hydrogen-bond donors (Lipinski definition) is 0. The minimum atomic E-state index is -3.06. The standard InChI is InChI=1S/C12H12BrNO4S/c1-19(17,18)6-2-5-14-10-7-8(13)3-4-9(10)11(15)12(14)16/h3-4,7H,2,5-6H2,1H3. The van der Waals surface area contributed by atoms with Crippen LogP contribution in [0.4, 0.5) is 5.69 Å². The highest BCUT2D eigenvalue weighted by atomic mass is 79.9. The number of hydrogen-bond acceptors (Lipinski definition) is 4. The maximum absolute atomic E-state index is 11.8. The van der Waals surface area contributed by atoms with Gasteiger partial charge in [-0.3, -0.25) is 9.59 Å². The van der Waals surface area contributed by atoms with E-state index < -0.39 is 21.5 Å². The van der Waals surface area contributed by atoms with Crippen LogP contribution in [-0.4, -0.2) is 38.7 Å². The summed E-state index contributed by atoms with van der Waals surface area (Å²) in [4.78, 5) is 24.9. The van der Waals surface area contributed by atoms with E-state index in [9.17, 15) is 18.0 Å². The molecule has 1 heterocycles. The zero-order valence-electron chi connectivity index (χ0n) is 10.2. The molecule has 1 aliphatic rings. The minimum absolute atomic E-state index is 0.00565. The van der Waals surface area contributed by atoms with Crippen LogP contribution in [0.15, 0.2) is 22.7 Å². The van der Waals surface area contributed by atoms with Gasteiger partial charge in [0.05, 0.1) is 17.0 Å². The molecular formula is C12H12BrNO4S. The molecule has 0 atom stereocenters. The van der Waals surface area contributed by atoms with E-state index in [0.29, 0.717) is 17.7 Å².